The highest BCUT2D eigenvalue weighted by atomic mass is 16.5. The van der Waals surface area contributed by atoms with Gasteiger partial charge in [-0.25, -0.2) is 0 Å². The number of rotatable bonds is 3. The third-order valence-corrected chi connectivity index (χ3v) is 3.67. The summed E-state index contributed by atoms with van der Waals surface area (Å²) in [7, 11) is 1.80. The van der Waals surface area contributed by atoms with Gasteiger partial charge in [-0.3, -0.25) is 9.48 Å². The molecule has 6 heteroatoms. The van der Waals surface area contributed by atoms with Crippen molar-refractivity contribution in [3.05, 3.63) is 18.0 Å². The molecule has 1 amide bonds. The number of carbonyl (C=O) groups excluding carboxylic acids is 1. The van der Waals surface area contributed by atoms with Gasteiger partial charge in [-0.05, 0) is 18.9 Å². The first-order valence-corrected chi connectivity index (χ1v) is 6.33. The summed E-state index contributed by atoms with van der Waals surface area (Å²) in [5.41, 5.74) is 0.510. The minimum absolute atomic E-state index is 0.0559. The molecule has 3 rings (SSSR count). The Morgan fingerprint density at radius 2 is 2.56 bits per heavy atom. The second-order valence-electron chi connectivity index (χ2n) is 5.15. The zero-order valence-corrected chi connectivity index (χ0v) is 10.5. The van der Waals surface area contributed by atoms with Crippen molar-refractivity contribution >= 4 is 5.91 Å². The summed E-state index contributed by atoms with van der Waals surface area (Å²) in [6, 6.07) is 1.71. The van der Waals surface area contributed by atoms with Crippen LogP contribution in [0.2, 0.25) is 0 Å². The molecule has 1 spiro atoms. The van der Waals surface area contributed by atoms with Crippen LogP contribution in [0.5, 0.6) is 0 Å². The molecule has 1 atom stereocenters. The Bertz CT molecular complexity index is 453. The molecule has 2 aliphatic heterocycles. The van der Waals surface area contributed by atoms with Crippen LogP contribution in [-0.2, 0) is 11.8 Å². The van der Waals surface area contributed by atoms with Crippen molar-refractivity contribution < 1.29 is 9.53 Å². The lowest BCUT2D eigenvalue weighted by atomic mass is 9.93. The largest absolute Gasteiger partial charge is 0.367 e. The summed E-state index contributed by atoms with van der Waals surface area (Å²) >= 11 is 0. The van der Waals surface area contributed by atoms with E-state index < -0.39 is 0 Å². The topological polar surface area (TPSA) is 68.2 Å². The minimum atomic E-state index is -0.133. The van der Waals surface area contributed by atoms with Crippen molar-refractivity contribution in [2.24, 2.45) is 7.05 Å². The van der Waals surface area contributed by atoms with E-state index >= 15 is 0 Å². The van der Waals surface area contributed by atoms with Crippen molar-refractivity contribution in [1.82, 2.24) is 20.4 Å². The summed E-state index contributed by atoms with van der Waals surface area (Å²) in [4.78, 5) is 11.8. The smallest absolute Gasteiger partial charge is 0.271 e. The quantitative estimate of drug-likeness (QED) is 0.771. The van der Waals surface area contributed by atoms with Crippen LogP contribution in [0, 0.1) is 0 Å². The second kappa shape index (κ2) is 4.37. The monoisotopic (exact) mass is 250 g/mol. The van der Waals surface area contributed by atoms with E-state index in [1.54, 1.807) is 24.0 Å². The number of carbonyl (C=O) groups is 1. The van der Waals surface area contributed by atoms with E-state index in [9.17, 15) is 4.79 Å². The maximum Gasteiger partial charge on any atom is 0.271 e. The molecular formula is C12H18N4O2. The van der Waals surface area contributed by atoms with Crippen molar-refractivity contribution in [1.29, 1.82) is 0 Å². The van der Waals surface area contributed by atoms with Crippen molar-refractivity contribution in [3.8, 4) is 0 Å². The maximum atomic E-state index is 11.8. The lowest BCUT2D eigenvalue weighted by Crippen LogP contribution is -2.59. The molecule has 2 fully saturated rings. The lowest BCUT2D eigenvalue weighted by Gasteiger charge is -2.38. The van der Waals surface area contributed by atoms with E-state index in [-0.39, 0.29) is 17.6 Å². The molecule has 0 bridgehead atoms. The van der Waals surface area contributed by atoms with E-state index in [0.717, 1.165) is 25.9 Å². The Labute approximate surface area is 106 Å². The van der Waals surface area contributed by atoms with Gasteiger partial charge in [0.25, 0.3) is 5.91 Å². The van der Waals surface area contributed by atoms with E-state index in [0.29, 0.717) is 12.2 Å². The third-order valence-electron chi connectivity index (χ3n) is 3.67. The Hall–Kier alpha value is -1.40. The van der Waals surface area contributed by atoms with Crippen LogP contribution in [0.1, 0.15) is 23.3 Å². The van der Waals surface area contributed by atoms with Gasteiger partial charge >= 0.3 is 0 Å². The summed E-state index contributed by atoms with van der Waals surface area (Å²) < 4.78 is 7.59. The zero-order valence-electron chi connectivity index (χ0n) is 10.5. The van der Waals surface area contributed by atoms with Gasteiger partial charge in [0.1, 0.15) is 5.69 Å². The zero-order chi connectivity index (χ0) is 12.6. The van der Waals surface area contributed by atoms with Gasteiger partial charge in [-0.15, -0.1) is 0 Å². The number of hydrogen-bond acceptors (Lipinski definition) is 4. The maximum absolute atomic E-state index is 11.8. The number of amides is 1. The van der Waals surface area contributed by atoms with Crippen molar-refractivity contribution in [2.75, 3.05) is 19.6 Å². The van der Waals surface area contributed by atoms with Crippen LogP contribution in [0.15, 0.2) is 12.3 Å². The van der Waals surface area contributed by atoms with Gasteiger partial charge in [0.05, 0.1) is 11.7 Å². The number of nitrogens with zero attached hydrogens (tertiary/aromatic N) is 2. The first kappa shape index (κ1) is 11.7. The molecule has 98 valence electrons. The Morgan fingerprint density at radius 3 is 3.11 bits per heavy atom. The molecule has 0 aliphatic carbocycles. The fourth-order valence-electron chi connectivity index (χ4n) is 2.54. The fourth-order valence-corrected chi connectivity index (χ4v) is 2.54. The standard InChI is InChI=1S/C12H18N4O2/c1-16-5-3-10(15-16)11(17)14-6-9-2-4-12(18-9)7-13-8-12/h3,5,9,13H,2,4,6-8H2,1H3,(H,14,17). The Balaban J connectivity index is 1.48. The summed E-state index contributed by atoms with van der Waals surface area (Å²) in [5, 5.41) is 10.2. The molecule has 0 aromatic carbocycles. The first-order valence-electron chi connectivity index (χ1n) is 6.33. The fraction of sp³-hybridized carbons (Fsp3) is 0.667. The lowest BCUT2D eigenvalue weighted by molar-refractivity contribution is -0.0715. The van der Waals surface area contributed by atoms with Crippen LogP contribution in [0.4, 0.5) is 0 Å². The van der Waals surface area contributed by atoms with E-state index in [2.05, 4.69) is 15.7 Å². The van der Waals surface area contributed by atoms with Gasteiger partial charge in [-0.1, -0.05) is 0 Å². The number of nitrogens with one attached hydrogen (secondary N) is 2. The Kier molecular flexibility index (Phi) is 2.83. The van der Waals surface area contributed by atoms with Crippen LogP contribution in [0.25, 0.3) is 0 Å². The molecule has 1 unspecified atom stereocenters. The predicted octanol–water partition coefficient (Wildman–Crippen LogP) is -0.329. The van der Waals surface area contributed by atoms with E-state index in [4.69, 9.17) is 4.74 Å². The number of aryl methyl sites for hydroxylation is 1. The molecule has 0 saturated carbocycles. The van der Waals surface area contributed by atoms with Gasteiger partial charge < -0.3 is 15.4 Å². The van der Waals surface area contributed by atoms with Crippen molar-refractivity contribution in [2.45, 2.75) is 24.5 Å². The molecule has 18 heavy (non-hydrogen) atoms. The molecule has 2 aliphatic rings. The molecular weight excluding hydrogens is 232 g/mol. The average molecular weight is 250 g/mol. The molecule has 2 N–H and O–H groups in total. The van der Waals surface area contributed by atoms with E-state index in [1.165, 1.54) is 0 Å². The predicted molar refractivity (Wildman–Crippen MR) is 65.2 cm³/mol. The highest BCUT2D eigenvalue weighted by Gasteiger charge is 2.44. The molecule has 1 aromatic heterocycles. The summed E-state index contributed by atoms with van der Waals surface area (Å²) in [6.45, 7) is 2.45. The van der Waals surface area contributed by atoms with Crippen LogP contribution in [0.3, 0.4) is 0 Å². The number of ether oxygens (including phenoxy) is 1. The van der Waals surface area contributed by atoms with Gasteiger partial charge in [0, 0.05) is 32.9 Å². The SMILES string of the molecule is Cn1ccc(C(=O)NCC2CCC3(CNC3)O2)n1. The van der Waals surface area contributed by atoms with Gasteiger partial charge in [0.2, 0.25) is 0 Å². The normalized spacial score (nSPS) is 25.1. The summed E-state index contributed by atoms with van der Waals surface area (Å²) in [5.74, 6) is -0.133. The summed E-state index contributed by atoms with van der Waals surface area (Å²) in [6.07, 6.45) is 4.00. The van der Waals surface area contributed by atoms with Gasteiger partial charge in [0.15, 0.2) is 0 Å². The minimum Gasteiger partial charge on any atom is -0.367 e. The highest BCUT2D eigenvalue weighted by molar-refractivity contribution is 5.92. The first-order chi connectivity index (χ1) is 8.67. The van der Waals surface area contributed by atoms with Crippen LogP contribution >= 0.6 is 0 Å². The molecule has 6 nitrogen and oxygen atoms in total. The second-order valence-corrected chi connectivity index (χ2v) is 5.15. The number of hydrogen-bond donors (Lipinski definition) is 2. The van der Waals surface area contributed by atoms with Crippen LogP contribution < -0.4 is 10.6 Å². The Morgan fingerprint density at radius 1 is 1.72 bits per heavy atom. The van der Waals surface area contributed by atoms with Gasteiger partial charge in [-0.2, -0.15) is 5.10 Å². The molecule has 0 radical (unpaired) electrons. The third kappa shape index (κ3) is 2.13. The molecule has 2 saturated heterocycles. The average Bonchev–Trinajstić information content (AvgIpc) is 2.91. The van der Waals surface area contributed by atoms with Crippen LogP contribution in [-0.4, -0.2) is 47.0 Å². The molecule has 1 aromatic rings. The highest BCUT2D eigenvalue weighted by Crippen LogP contribution is 2.33. The van der Waals surface area contributed by atoms with E-state index in [1.807, 2.05) is 0 Å². The number of aromatic nitrogens is 2. The van der Waals surface area contributed by atoms with Crippen molar-refractivity contribution in [3.63, 3.8) is 0 Å². The molecule has 3 heterocycles.